The molecule has 9 atom stereocenters. The van der Waals surface area contributed by atoms with E-state index in [0.29, 0.717) is 36.1 Å². The maximum atomic E-state index is 7.26. The zero-order valence-corrected chi connectivity index (χ0v) is 30.5. The Kier molecular flexibility index (Phi) is 9.21. The van der Waals surface area contributed by atoms with Crippen molar-refractivity contribution in [3.05, 3.63) is 0 Å². The summed E-state index contributed by atoms with van der Waals surface area (Å²) in [6.07, 6.45) is 11.0. The van der Waals surface area contributed by atoms with Crippen LogP contribution in [0, 0.1) is 40.4 Å². The molecule has 4 saturated carbocycles. The average Bonchev–Trinajstić information content (AvgIpc) is 3.10. The van der Waals surface area contributed by atoms with Crippen LogP contribution in [0.3, 0.4) is 0 Å². The Labute approximate surface area is 243 Å². The van der Waals surface area contributed by atoms with Crippen LogP contribution in [0.1, 0.15) is 65.2 Å². The van der Waals surface area contributed by atoms with Crippen LogP contribution in [0.2, 0.25) is 58.9 Å². The second-order valence-corrected chi connectivity index (χ2v) is 30.4. The molecule has 9 unspecified atom stereocenters. The van der Waals surface area contributed by atoms with Crippen LogP contribution in [-0.2, 0) is 18.1 Å². The van der Waals surface area contributed by atoms with E-state index in [9.17, 15) is 0 Å². The molecule has 226 valence electrons. The fourth-order valence-corrected chi connectivity index (χ4v) is 12.6. The Morgan fingerprint density at radius 1 is 0.795 bits per heavy atom. The molecule has 0 N–H and O–H groups in total. The molecule has 0 spiro atoms. The molecule has 0 radical (unpaired) electrons. The average molecular weight is 596 g/mol. The van der Waals surface area contributed by atoms with Gasteiger partial charge in [0.1, 0.15) is 7.11 Å². The topological polar surface area (TPSA) is 49.3 Å². The third-order valence-electron chi connectivity index (χ3n) is 10.8. The number of hydrogen-bond acceptors (Lipinski definition) is 5. The third-order valence-corrected chi connectivity index (χ3v) is 13.9. The summed E-state index contributed by atoms with van der Waals surface area (Å²) in [6.45, 7) is 26.9. The Morgan fingerprint density at radius 2 is 1.46 bits per heavy atom. The molecule has 8 heteroatoms. The molecular formula is C31H61NO4Si3. The normalized spacial score (nSPS) is 41.5. The van der Waals surface area contributed by atoms with E-state index in [1.807, 2.05) is 0 Å². The zero-order valence-electron chi connectivity index (χ0n) is 27.5. The Hall–Kier alpha value is 0.000649. The smallest absolute Gasteiger partial charge is 0.184 e. The lowest BCUT2D eigenvalue weighted by molar-refractivity contribution is -0.168. The van der Waals surface area contributed by atoms with Gasteiger partial charge in [-0.25, -0.2) is 0 Å². The molecule has 4 aliphatic carbocycles. The number of fused-ring (bicyclic) bond motifs is 5. The van der Waals surface area contributed by atoms with E-state index < -0.39 is 25.0 Å². The highest BCUT2D eigenvalue weighted by molar-refractivity contribution is 6.70. The van der Waals surface area contributed by atoms with Gasteiger partial charge in [-0.2, -0.15) is 0 Å². The second-order valence-electron chi connectivity index (χ2n) is 17.0. The molecule has 39 heavy (non-hydrogen) atoms. The van der Waals surface area contributed by atoms with Gasteiger partial charge in [0, 0.05) is 18.1 Å². The fourth-order valence-electron chi connectivity index (χ4n) is 9.62. The Morgan fingerprint density at radius 3 is 2.05 bits per heavy atom. The molecule has 0 aromatic heterocycles. The molecule has 0 bridgehead atoms. The molecule has 0 aromatic rings. The van der Waals surface area contributed by atoms with Crippen molar-refractivity contribution in [3.8, 4) is 0 Å². The van der Waals surface area contributed by atoms with E-state index in [1.54, 1.807) is 7.11 Å². The van der Waals surface area contributed by atoms with Gasteiger partial charge in [0.25, 0.3) is 0 Å². The van der Waals surface area contributed by atoms with E-state index in [-0.39, 0.29) is 5.41 Å². The molecule has 0 amide bonds. The minimum Gasteiger partial charge on any atom is -0.415 e. The molecule has 4 rings (SSSR count). The molecule has 0 aliphatic heterocycles. The van der Waals surface area contributed by atoms with Crippen LogP contribution in [-0.4, -0.2) is 56.6 Å². The molecule has 5 nitrogen and oxygen atoms in total. The van der Waals surface area contributed by atoms with Crippen molar-refractivity contribution in [1.82, 2.24) is 0 Å². The zero-order chi connectivity index (χ0) is 29.0. The van der Waals surface area contributed by atoms with Crippen LogP contribution in [0.4, 0.5) is 0 Å². The lowest BCUT2D eigenvalue weighted by atomic mass is 9.44. The van der Waals surface area contributed by atoms with Crippen LogP contribution in [0.15, 0.2) is 5.16 Å². The summed E-state index contributed by atoms with van der Waals surface area (Å²) in [5.74, 6) is 3.32. The van der Waals surface area contributed by atoms with E-state index in [2.05, 4.69) is 77.9 Å². The lowest BCUT2D eigenvalue weighted by Gasteiger charge is -2.64. The highest BCUT2D eigenvalue weighted by Gasteiger charge is 2.64. The third kappa shape index (κ3) is 6.98. The first kappa shape index (κ1) is 31.9. The van der Waals surface area contributed by atoms with Crippen LogP contribution < -0.4 is 0 Å². The highest BCUT2D eigenvalue weighted by atomic mass is 28.4. The summed E-state index contributed by atoms with van der Waals surface area (Å²) in [6, 6.07) is 0. The summed E-state index contributed by atoms with van der Waals surface area (Å²) in [7, 11) is -3.21. The Bertz CT molecular complexity index is 894. The van der Waals surface area contributed by atoms with Gasteiger partial charge in [-0.3, -0.25) is 0 Å². The van der Waals surface area contributed by atoms with Gasteiger partial charge in [-0.1, -0.05) is 19.0 Å². The van der Waals surface area contributed by atoms with Gasteiger partial charge < -0.3 is 18.1 Å². The summed E-state index contributed by atoms with van der Waals surface area (Å²) < 4.78 is 20.4. The molecule has 4 aliphatic rings. The molecule has 0 heterocycles. The van der Waals surface area contributed by atoms with Crippen LogP contribution in [0.25, 0.3) is 0 Å². The van der Waals surface area contributed by atoms with Gasteiger partial charge in [0.2, 0.25) is 0 Å². The predicted molar refractivity (Wildman–Crippen MR) is 171 cm³/mol. The monoisotopic (exact) mass is 595 g/mol. The van der Waals surface area contributed by atoms with Gasteiger partial charge in [0.05, 0.1) is 12.3 Å². The standard InChI is InChI=1S/C31H61NO4Si3/c1-30-18-17-23(35-38(7,8)9)19-22(30)13-14-24-25-15-16-26(27(32-33-3)21-34-37(4,5)6)31(25,2)20-28(29(24)30)36-39(10,11)12/h22-26,28-29H,13-21H2,1-12H3. The first-order valence-corrected chi connectivity index (χ1v) is 26.2. The van der Waals surface area contributed by atoms with Crippen molar-refractivity contribution in [2.45, 2.75) is 136 Å². The second kappa shape index (κ2) is 11.3. The van der Waals surface area contributed by atoms with Gasteiger partial charge in [-0.15, -0.1) is 0 Å². The van der Waals surface area contributed by atoms with E-state index in [1.165, 1.54) is 44.9 Å². The number of oxime groups is 1. The maximum Gasteiger partial charge on any atom is 0.184 e. The van der Waals surface area contributed by atoms with Crippen LogP contribution >= 0.6 is 0 Å². The van der Waals surface area contributed by atoms with E-state index >= 15 is 0 Å². The first-order valence-electron chi connectivity index (χ1n) is 16.0. The van der Waals surface area contributed by atoms with Crippen molar-refractivity contribution >= 4 is 30.7 Å². The SMILES string of the molecule is CON=C(CO[Si](C)(C)C)C1CCC2C3CCC4CC(O[Si](C)(C)C)CCC4(C)C3C(O[Si](C)(C)C)CC12C. The number of nitrogens with zero attached hydrogens (tertiary/aromatic N) is 1. The van der Waals surface area contributed by atoms with E-state index in [0.717, 1.165) is 29.9 Å². The maximum absolute atomic E-state index is 7.26. The highest BCUT2D eigenvalue weighted by Crippen LogP contribution is 2.68. The minimum absolute atomic E-state index is 0.187. The predicted octanol–water partition coefficient (Wildman–Crippen LogP) is 8.55. The Balaban J connectivity index is 1.64. The molecule has 4 fully saturated rings. The van der Waals surface area contributed by atoms with Gasteiger partial charge in [-0.05, 0) is 145 Å². The van der Waals surface area contributed by atoms with Crippen molar-refractivity contribution in [1.29, 1.82) is 0 Å². The van der Waals surface area contributed by atoms with Gasteiger partial charge in [0.15, 0.2) is 25.0 Å². The number of rotatable bonds is 9. The van der Waals surface area contributed by atoms with Crippen LogP contribution in [0.5, 0.6) is 0 Å². The molecule has 0 saturated heterocycles. The summed E-state index contributed by atoms with van der Waals surface area (Å²) >= 11 is 0. The van der Waals surface area contributed by atoms with E-state index in [4.69, 9.17) is 18.1 Å². The molecular weight excluding hydrogens is 535 g/mol. The summed E-state index contributed by atoms with van der Waals surface area (Å²) in [5, 5.41) is 4.64. The minimum atomic E-state index is -1.73. The first-order chi connectivity index (χ1) is 17.9. The quantitative estimate of drug-likeness (QED) is 0.152. The summed E-state index contributed by atoms with van der Waals surface area (Å²) in [5.41, 5.74) is 1.68. The molecule has 0 aromatic carbocycles. The van der Waals surface area contributed by atoms with Crippen molar-refractivity contribution < 1.29 is 18.1 Å². The van der Waals surface area contributed by atoms with Crippen molar-refractivity contribution in [2.75, 3.05) is 13.7 Å². The summed E-state index contributed by atoms with van der Waals surface area (Å²) in [4.78, 5) is 5.44. The lowest BCUT2D eigenvalue weighted by Crippen LogP contribution is -2.61. The largest absolute Gasteiger partial charge is 0.415 e. The van der Waals surface area contributed by atoms with Gasteiger partial charge >= 0.3 is 0 Å². The van der Waals surface area contributed by atoms with Crippen molar-refractivity contribution in [3.63, 3.8) is 0 Å². The van der Waals surface area contributed by atoms with Crippen molar-refractivity contribution in [2.24, 2.45) is 45.6 Å². The number of hydrogen-bond donors (Lipinski definition) is 0. The fraction of sp³-hybridized carbons (Fsp3) is 0.968.